The van der Waals surface area contributed by atoms with Crippen LogP contribution in [0.25, 0.3) is 10.9 Å². The van der Waals surface area contributed by atoms with Gasteiger partial charge in [-0.1, -0.05) is 63.2 Å². The number of amides is 1. The quantitative estimate of drug-likeness (QED) is 0.428. The van der Waals surface area contributed by atoms with Gasteiger partial charge in [0, 0.05) is 48.4 Å². The Morgan fingerprint density at radius 3 is 2.42 bits per heavy atom. The zero-order valence-corrected chi connectivity index (χ0v) is 18.4. The summed E-state index contributed by atoms with van der Waals surface area (Å²) in [7, 11) is 0. The van der Waals surface area contributed by atoms with Crippen molar-refractivity contribution in [3.05, 3.63) is 102 Å². The van der Waals surface area contributed by atoms with Gasteiger partial charge in [-0.2, -0.15) is 0 Å². The van der Waals surface area contributed by atoms with E-state index in [1.165, 1.54) is 5.56 Å². The number of pyridine rings is 1. The van der Waals surface area contributed by atoms with Crippen molar-refractivity contribution >= 4 is 16.8 Å². The Kier molecular flexibility index (Phi) is 5.90. The van der Waals surface area contributed by atoms with Gasteiger partial charge in [0.2, 0.25) is 5.91 Å². The summed E-state index contributed by atoms with van der Waals surface area (Å²) in [6.07, 6.45) is 5.92. The van der Waals surface area contributed by atoms with E-state index in [1.807, 2.05) is 30.5 Å². The van der Waals surface area contributed by atoms with Crippen LogP contribution in [0.1, 0.15) is 55.4 Å². The van der Waals surface area contributed by atoms with Crippen LogP contribution < -0.4 is 5.32 Å². The van der Waals surface area contributed by atoms with Gasteiger partial charge < -0.3 is 10.3 Å². The number of nitrogens with one attached hydrogen (secondary N) is 2. The summed E-state index contributed by atoms with van der Waals surface area (Å²) in [5.41, 5.74) is 5.81. The number of carbonyl (C=O) groups is 1. The van der Waals surface area contributed by atoms with Crippen LogP contribution >= 0.6 is 0 Å². The fourth-order valence-electron chi connectivity index (χ4n) is 3.96. The number of aromatic nitrogens is 2. The highest BCUT2D eigenvalue weighted by atomic mass is 16.1. The molecule has 2 heterocycles. The lowest BCUT2D eigenvalue weighted by molar-refractivity contribution is -0.121. The molecule has 1 unspecified atom stereocenters. The molecule has 0 aliphatic heterocycles. The minimum absolute atomic E-state index is 0.0254. The van der Waals surface area contributed by atoms with Gasteiger partial charge in [-0.25, -0.2) is 0 Å². The molecule has 0 saturated carbocycles. The number of aromatic amines is 1. The van der Waals surface area contributed by atoms with Gasteiger partial charge in [0.25, 0.3) is 0 Å². The highest BCUT2D eigenvalue weighted by molar-refractivity contribution is 5.86. The predicted molar refractivity (Wildman–Crippen MR) is 126 cm³/mol. The highest BCUT2D eigenvalue weighted by Crippen LogP contribution is 2.34. The summed E-state index contributed by atoms with van der Waals surface area (Å²) >= 11 is 0. The molecular formula is C27H29N3O. The van der Waals surface area contributed by atoms with Gasteiger partial charge in [0.1, 0.15) is 0 Å². The van der Waals surface area contributed by atoms with Crippen molar-refractivity contribution in [3.8, 4) is 0 Å². The van der Waals surface area contributed by atoms with E-state index in [1.54, 1.807) is 12.4 Å². The van der Waals surface area contributed by atoms with Crippen LogP contribution in [-0.4, -0.2) is 15.9 Å². The summed E-state index contributed by atoms with van der Waals surface area (Å²) in [5, 5.41) is 4.23. The third kappa shape index (κ3) is 4.85. The smallest absolute Gasteiger partial charge is 0.221 e. The Morgan fingerprint density at radius 2 is 1.71 bits per heavy atom. The molecule has 4 heteroatoms. The van der Waals surface area contributed by atoms with E-state index in [4.69, 9.17) is 0 Å². The molecule has 0 radical (unpaired) electrons. The lowest BCUT2D eigenvalue weighted by Crippen LogP contribution is -2.25. The highest BCUT2D eigenvalue weighted by Gasteiger charge is 2.22. The first-order valence-corrected chi connectivity index (χ1v) is 10.7. The molecular weight excluding hydrogens is 382 g/mol. The largest absolute Gasteiger partial charge is 0.361 e. The minimum atomic E-state index is -0.0254. The monoisotopic (exact) mass is 411 g/mol. The van der Waals surface area contributed by atoms with Crippen molar-refractivity contribution in [2.45, 2.75) is 45.1 Å². The second-order valence-corrected chi connectivity index (χ2v) is 9.05. The molecule has 4 rings (SSSR count). The van der Waals surface area contributed by atoms with Crippen LogP contribution in [0.3, 0.4) is 0 Å². The van der Waals surface area contributed by atoms with E-state index in [-0.39, 0.29) is 17.2 Å². The molecule has 2 aromatic heterocycles. The molecule has 0 fully saturated rings. The first-order valence-electron chi connectivity index (χ1n) is 10.7. The molecule has 31 heavy (non-hydrogen) atoms. The third-order valence-corrected chi connectivity index (χ3v) is 5.80. The van der Waals surface area contributed by atoms with Crippen molar-refractivity contribution in [1.82, 2.24) is 15.3 Å². The van der Waals surface area contributed by atoms with Crippen molar-refractivity contribution in [2.24, 2.45) is 0 Å². The maximum atomic E-state index is 12.9. The Labute approximate surface area is 183 Å². The normalized spacial score (nSPS) is 12.6. The second kappa shape index (κ2) is 8.76. The van der Waals surface area contributed by atoms with Crippen LogP contribution in [-0.2, 0) is 16.8 Å². The van der Waals surface area contributed by atoms with Gasteiger partial charge >= 0.3 is 0 Å². The summed E-state index contributed by atoms with van der Waals surface area (Å²) in [6, 6.07) is 20.8. The van der Waals surface area contributed by atoms with Crippen LogP contribution in [0.2, 0.25) is 0 Å². The zero-order valence-electron chi connectivity index (χ0n) is 18.4. The van der Waals surface area contributed by atoms with E-state index >= 15 is 0 Å². The van der Waals surface area contributed by atoms with Gasteiger partial charge in [-0.05, 0) is 45.9 Å². The predicted octanol–water partition coefficient (Wildman–Crippen LogP) is 5.70. The average molecular weight is 412 g/mol. The molecule has 2 N–H and O–H groups in total. The third-order valence-electron chi connectivity index (χ3n) is 5.80. The number of rotatable bonds is 6. The Balaban J connectivity index is 1.62. The number of nitrogens with zero attached hydrogens (tertiary/aromatic N) is 1. The fourth-order valence-corrected chi connectivity index (χ4v) is 3.96. The van der Waals surface area contributed by atoms with Crippen molar-refractivity contribution in [2.75, 3.05) is 0 Å². The number of carbonyl (C=O) groups excluding carboxylic acids is 1. The molecule has 0 bridgehead atoms. The lowest BCUT2D eigenvalue weighted by atomic mass is 9.83. The first-order chi connectivity index (χ1) is 14.9. The number of hydrogen-bond donors (Lipinski definition) is 2. The molecule has 1 amide bonds. The van der Waals surface area contributed by atoms with Crippen molar-refractivity contribution < 1.29 is 4.79 Å². The summed E-state index contributed by atoms with van der Waals surface area (Å²) in [6.45, 7) is 7.15. The molecule has 0 aliphatic carbocycles. The Bertz CT molecular complexity index is 1150. The minimum Gasteiger partial charge on any atom is -0.361 e. The molecule has 0 saturated heterocycles. The van der Waals surface area contributed by atoms with Crippen LogP contribution in [0, 0.1) is 0 Å². The van der Waals surface area contributed by atoms with Crippen LogP contribution in [0.4, 0.5) is 0 Å². The van der Waals surface area contributed by atoms with Gasteiger partial charge in [-0.3, -0.25) is 9.78 Å². The van der Waals surface area contributed by atoms with Gasteiger partial charge in [0.15, 0.2) is 0 Å². The Hall–Kier alpha value is -3.40. The van der Waals surface area contributed by atoms with Crippen molar-refractivity contribution in [3.63, 3.8) is 0 Å². The molecule has 158 valence electrons. The average Bonchev–Trinajstić information content (AvgIpc) is 3.20. The van der Waals surface area contributed by atoms with Crippen LogP contribution in [0.5, 0.6) is 0 Å². The summed E-state index contributed by atoms with van der Waals surface area (Å²) in [5.74, 6) is 0.00889. The SMILES string of the molecule is CC(C)(C)c1ccc(C(CC(=O)NCc2ccncc2)c2c[nH]c3ccccc23)cc1. The number of H-pyrrole nitrogens is 1. The number of para-hydroxylation sites is 1. The molecule has 4 aromatic rings. The van der Waals surface area contributed by atoms with Crippen molar-refractivity contribution in [1.29, 1.82) is 0 Å². The van der Waals surface area contributed by atoms with E-state index in [9.17, 15) is 4.79 Å². The van der Waals surface area contributed by atoms with E-state index in [0.29, 0.717) is 13.0 Å². The lowest BCUT2D eigenvalue weighted by Gasteiger charge is -2.22. The second-order valence-electron chi connectivity index (χ2n) is 9.05. The molecule has 4 nitrogen and oxygen atoms in total. The number of fused-ring (bicyclic) bond motifs is 1. The maximum Gasteiger partial charge on any atom is 0.221 e. The number of hydrogen-bond acceptors (Lipinski definition) is 2. The Morgan fingerprint density at radius 1 is 1.00 bits per heavy atom. The van der Waals surface area contributed by atoms with Gasteiger partial charge in [-0.15, -0.1) is 0 Å². The standard InChI is InChI=1S/C27H29N3O/c1-27(2,3)21-10-8-20(9-11-21)23(24-18-29-25-7-5-4-6-22(24)25)16-26(31)30-17-19-12-14-28-15-13-19/h4-15,18,23,29H,16-17H2,1-3H3,(H,30,31). The molecule has 1 atom stereocenters. The first kappa shape index (κ1) is 20.9. The van der Waals surface area contributed by atoms with E-state index in [2.05, 4.69) is 72.5 Å². The topological polar surface area (TPSA) is 57.8 Å². The van der Waals surface area contributed by atoms with E-state index in [0.717, 1.165) is 27.6 Å². The summed E-state index contributed by atoms with van der Waals surface area (Å²) in [4.78, 5) is 20.3. The molecule has 0 aliphatic rings. The zero-order chi connectivity index (χ0) is 21.8. The van der Waals surface area contributed by atoms with Gasteiger partial charge in [0.05, 0.1) is 0 Å². The number of benzene rings is 2. The molecule has 0 spiro atoms. The summed E-state index contributed by atoms with van der Waals surface area (Å²) < 4.78 is 0. The fraction of sp³-hybridized carbons (Fsp3) is 0.259. The van der Waals surface area contributed by atoms with Crippen LogP contribution in [0.15, 0.2) is 79.3 Å². The van der Waals surface area contributed by atoms with E-state index < -0.39 is 0 Å². The molecule has 2 aromatic carbocycles. The maximum absolute atomic E-state index is 12.9.